The third kappa shape index (κ3) is 2.84. The summed E-state index contributed by atoms with van der Waals surface area (Å²) in [6, 6.07) is 10.1. The first-order valence-electron chi connectivity index (χ1n) is 9.43. The molecule has 2 aliphatic rings. The van der Waals surface area contributed by atoms with Crippen LogP contribution in [0.1, 0.15) is 49.5 Å². The van der Waals surface area contributed by atoms with Crippen LogP contribution < -0.4 is 10.2 Å². The third-order valence-electron chi connectivity index (χ3n) is 5.74. The fraction of sp³-hybridized carbons (Fsp3) is 0.429. The number of amides is 2. The molecule has 0 atom stereocenters. The van der Waals surface area contributed by atoms with Gasteiger partial charge in [-0.15, -0.1) is 11.3 Å². The lowest BCUT2D eigenvalue weighted by atomic mass is 9.83. The predicted octanol–water partition coefficient (Wildman–Crippen LogP) is 4.50. The monoisotopic (exact) mass is 368 g/mol. The van der Waals surface area contributed by atoms with Crippen LogP contribution in [-0.4, -0.2) is 18.4 Å². The van der Waals surface area contributed by atoms with Gasteiger partial charge in [-0.05, 0) is 61.4 Å². The summed E-state index contributed by atoms with van der Waals surface area (Å²) in [4.78, 5) is 28.3. The highest BCUT2D eigenvalue weighted by molar-refractivity contribution is 7.10. The van der Waals surface area contributed by atoms with Gasteiger partial charge in [0.25, 0.3) is 0 Å². The number of anilines is 2. The minimum absolute atomic E-state index is 0.108. The van der Waals surface area contributed by atoms with Gasteiger partial charge in [-0.2, -0.15) is 0 Å². The summed E-state index contributed by atoms with van der Waals surface area (Å²) in [5.74, 6) is 0.288. The van der Waals surface area contributed by atoms with Gasteiger partial charge in [0.15, 0.2) is 0 Å². The number of thiophene rings is 1. The quantitative estimate of drug-likeness (QED) is 0.864. The molecule has 0 bridgehead atoms. The van der Waals surface area contributed by atoms with Gasteiger partial charge in [0, 0.05) is 29.2 Å². The molecule has 4 nitrogen and oxygen atoms in total. The zero-order valence-corrected chi connectivity index (χ0v) is 15.9. The van der Waals surface area contributed by atoms with E-state index in [9.17, 15) is 9.59 Å². The smallest absolute Gasteiger partial charge is 0.235 e. The van der Waals surface area contributed by atoms with Crippen molar-refractivity contribution in [3.05, 3.63) is 46.2 Å². The van der Waals surface area contributed by atoms with Gasteiger partial charge in [-0.3, -0.25) is 9.59 Å². The molecule has 26 heavy (non-hydrogen) atoms. The maximum atomic E-state index is 13.2. The Labute approximate surface area is 158 Å². The first-order valence-corrected chi connectivity index (χ1v) is 10.3. The molecule has 0 radical (unpaired) electrons. The van der Waals surface area contributed by atoms with Crippen molar-refractivity contribution in [2.24, 2.45) is 0 Å². The lowest BCUT2D eigenvalue weighted by Gasteiger charge is -2.30. The van der Waals surface area contributed by atoms with Gasteiger partial charge in [0.2, 0.25) is 11.8 Å². The number of nitrogens with zero attached hydrogens (tertiary/aromatic N) is 1. The van der Waals surface area contributed by atoms with Crippen molar-refractivity contribution in [2.75, 3.05) is 16.8 Å². The Balaban J connectivity index is 1.59. The van der Waals surface area contributed by atoms with Crippen LogP contribution in [0.2, 0.25) is 0 Å². The number of carbonyl (C=O) groups excluding carboxylic acids is 2. The number of hydrogen-bond donors (Lipinski definition) is 1. The predicted molar refractivity (Wildman–Crippen MR) is 106 cm³/mol. The van der Waals surface area contributed by atoms with Crippen LogP contribution in [-0.2, 0) is 21.4 Å². The summed E-state index contributed by atoms with van der Waals surface area (Å²) in [5, 5.41) is 5.22. The first kappa shape index (κ1) is 17.3. The molecule has 2 amide bonds. The van der Waals surface area contributed by atoms with E-state index in [1.165, 1.54) is 4.88 Å². The van der Waals surface area contributed by atoms with E-state index >= 15 is 0 Å². The van der Waals surface area contributed by atoms with E-state index in [2.05, 4.69) is 16.8 Å². The highest BCUT2D eigenvalue weighted by Crippen LogP contribution is 2.44. The van der Waals surface area contributed by atoms with Gasteiger partial charge in [-0.25, -0.2) is 0 Å². The largest absolute Gasteiger partial charge is 0.325 e. The molecule has 2 aromatic rings. The fourth-order valence-electron chi connectivity index (χ4n) is 4.35. The zero-order chi connectivity index (χ0) is 18.1. The summed E-state index contributed by atoms with van der Waals surface area (Å²) >= 11 is 1.68. The molecule has 1 N–H and O–H groups in total. The molecule has 5 heteroatoms. The van der Waals surface area contributed by atoms with Crippen molar-refractivity contribution in [1.82, 2.24) is 0 Å². The lowest BCUT2D eigenvalue weighted by Crippen LogP contribution is -2.37. The summed E-state index contributed by atoms with van der Waals surface area (Å²) < 4.78 is 0. The van der Waals surface area contributed by atoms with E-state index in [1.807, 2.05) is 36.1 Å². The van der Waals surface area contributed by atoms with Crippen molar-refractivity contribution in [3.63, 3.8) is 0 Å². The summed E-state index contributed by atoms with van der Waals surface area (Å²) in [6.07, 6.45) is 5.32. The molecule has 0 saturated heterocycles. The molecule has 1 aromatic heterocycles. The van der Waals surface area contributed by atoms with Crippen LogP contribution in [0.3, 0.4) is 0 Å². The molecule has 0 unspecified atom stereocenters. The first-order chi connectivity index (χ1) is 12.6. The molecular formula is C21H24N2O2S. The number of fused-ring (bicyclic) bond motifs is 1. The molecule has 1 saturated carbocycles. The van der Waals surface area contributed by atoms with E-state index in [0.29, 0.717) is 13.0 Å². The van der Waals surface area contributed by atoms with E-state index in [-0.39, 0.29) is 17.2 Å². The van der Waals surface area contributed by atoms with Gasteiger partial charge in [-0.1, -0.05) is 18.9 Å². The van der Waals surface area contributed by atoms with Crippen molar-refractivity contribution in [1.29, 1.82) is 0 Å². The maximum absolute atomic E-state index is 13.2. The van der Waals surface area contributed by atoms with Crippen LogP contribution in [0.25, 0.3) is 0 Å². The summed E-state index contributed by atoms with van der Waals surface area (Å²) in [6.45, 7) is 2.67. The molecular weight excluding hydrogens is 344 g/mol. The van der Waals surface area contributed by atoms with Crippen LogP contribution in [0.5, 0.6) is 0 Å². The van der Waals surface area contributed by atoms with Gasteiger partial charge in [0.05, 0.1) is 5.41 Å². The maximum Gasteiger partial charge on any atom is 0.235 e. The normalized spacial score (nSPS) is 18.7. The van der Waals surface area contributed by atoms with Gasteiger partial charge in [0.1, 0.15) is 0 Å². The summed E-state index contributed by atoms with van der Waals surface area (Å²) in [5.41, 5.74) is 2.58. The summed E-state index contributed by atoms with van der Waals surface area (Å²) in [7, 11) is 0. The Hall–Kier alpha value is -2.14. The lowest BCUT2D eigenvalue weighted by molar-refractivity contribution is -0.121. The molecule has 2 heterocycles. The third-order valence-corrected chi connectivity index (χ3v) is 6.81. The number of carbonyl (C=O) groups is 2. The van der Waals surface area contributed by atoms with Crippen LogP contribution in [0.15, 0.2) is 35.7 Å². The van der Waals surface area contributed by atoms with Crippen molar-refractivity contribution >= 4 is 34.5 Å². The SMILES string of the molecule is CCN1C(=O)CCc2cc(NC(=O)C3(c4cccs4)CCCC3)ccc21. The van der Waals surface area contributed by atoms with Crippen molar-refractivity contribution < 1.29 is 9.59 Å². The second-order valence-corrected chi connectivity index (χ2v) is 8.15. The number of rotatable bonds is 4. The Bertz CT molecular complexity index is 823. The zero-order valence-electron chi connectivity index (χ0n) is 15.1. The number of nitrogens with one attached hydrogen (secondary N) is 1. The van der Waals surface area contributed by atoms with Crippen LogP contribution in [0, 0.1) is 0 Å². The molecule has 1 aromatic carbocycles. The average molecular weight is 369 g/mol. The van der Waals surface area contributed by atoms with Gasteiger partial charge < -0.3 is 10.2 Å². The van der Waals surface area contributed by atoms with Crippen LogP contribution in [0.4, 0.5) is 11.4 Å². The fourth-order valence-corrected chi connectivity index (χ4v) is 5.33. The second kappa shape index (κ2) is 6.88. The topological polar surface area (TPSA) is 49.4 Å². The molecule has 1 aliphatic carbocycles. The minimum atomic E-state index is -0.379. The molecule has 4 rings (SSSR count). The Morgan fingerprint density at radius 3 is 2.73 bits per heavy atom. The van der Waals surface area contributed by atoms with Crippen molar-refractivity contribution in [2.45, 2.75) is 50.9 Å². The van der Waals surface area contributed by atoms with E-state index in [1.54, 1.807) is 11.3 Å². The Morgan fingerprint density at radius 2 is 2.04 bits per heavy atom. The highest BCUT2D eigenvalue weighted by atomic mass is 32.1. The van der Waals surface area contributed by atoms with Gasteiger partial charge >= 0.3 is 0 Å². The second-order valence-electron chi connectivity index (χ2n) is 7.20. The molecule has 136 valence electrons. The van der Waals surface area contributed by atoms with E-state index in [4.69, 9.17) is 0 Å². The molecule has 0 spiro atoms. The molecule has 1 fully saturated rings. The van der Waals surface area contributed by atoms with E-state index < -0.39 is 0 Å². The molecule has 1 aliphatic heterocycles. The number of aryl methyl sites for hydroxylation is 1. The number of benzene rings is 1. The van der Waals surface area contributed by atoms with E-state index in [0.717, 1.165) is 49.0 Å². The van der Waals surface area contributed by atoms with Crippen molar-refractivity contribution in [3.8, 4) is 0 Å². The number of hydrogen-bond acceptors (Lipinski definition) is 3. The standard InChI is InChI=1S/C21H24N2O2S/c1-2-23-17-9-8-16(14-15(17)7-10-19(23)24)22-20(25)21(11-3-4-12-21)18-6-5-13-26-18/h5-6,8-9,13-14H,2-4,7,10-12H2,1H3,(H,22,25). The Morgan fingerprint density at radius 1 is 1.23 bits per heavy atom. The Kier molecular flexibility index (Phi) is 4.57. The highest BCUT2D eigenvalue weighted by Gasteiger charge is 2.43. The minimum Gasteiger partial charge on any atom is -0.325 e. The average Bonchev–Trinajstić information content (AvgIpc) is 3.34. The van der Waals surface area contributed by atoms with Crippen LogP contribution >= 0.6 is 11.3 Å².